The summed E-state index contributed by atoms with van der Waals surface area (Å²) in [5.74, 6) is -1.43. The van der Waals surface area contributed by atoms with Gasteiger partial charge in [0.25, 0.3) is 0 Å². The van der Waals surface area contributed by atoms with E-state index in [0.717, 1.165) is 23.8 Å². The van der Waals surface area contributed by atoms with E-state index in [4.69, 9.17) is 0 Å². The van der Waals surface area contributed by atoms with E-state index in [-0.39, 0.29) is 5.69 Å². The fraction of sp³-hybridized carbons (Fsp3) is 0. The summed E-state index contributed by atoms with van der Waals surface area (Å²) in [6.45, 7) is 0. The fourth-order valence-electron chi connectivity index (χ4n) is 2.16. The second kappa shape index (κ2) is 5.81. The first-order chi connectivity index (χ1) is 10.6. The van der Waals surface area contributed by atoms with Crippen molar-refractivity contribution in [2.75, 3.05) is 0 Å². The van der Waals surface area contributed by atoms with E-state index in [1.165, 1.54) is 4.68 Å². The van der Waals surface area contributed by atoms with Crippen LogP contribution in [-0.2, 0) is 0 Å². The lowest BCUT2D eigenvalue weighted by atomic mass is 10.1. The Balaban J connectivity index is 2.22. The molecule has 0 saturated carbocycles. The summed E-state index contributed by atoms with van der Waals surface area (Å²) >= 11 is 3.27. The highest BCUT2D eigenvalue weighted by Gasteiger charge is 2.18. The summed E-state index contributed by atoms with van der Waals surface area (Å²) in [5.41, 5.74) is 1.68. The zero-order valence-electron chi connectivity index (χ0n) is 11.1. The molecular formula is C16H9BrF2N2O. The van der Waals surface area contributed by atoms with E-state index in [2.05, 4.69) is 21.0 Å². The number of carbonyl (C=O) groups is 1. The molecule has 0 aliphatic heterocycles. The molecule has 0 N–H and O–H groups in total. The molecule has 0 spiro atoms. The highest BCUT2D eigenvalue weighted by Crippen LogP contribution is 2.30. The highest BCUT2D eigenvalue weighted by molar-refractivity contribution is 9.10. The van der Waals surface area contributed by atoms with Crippen molar-refractivity contribution >= 4 is 22.2 Å². The Morgan fingerprint density at radius 3 is 2.27 bits per heavy atom. The van der Waals surface area contributed by atoms with Crippen LogP contribution in [0.25, 0.3) is 16.9 Å². The van der Waals surface area contributed by atoms with Gasteiger partial charge in [0.05, 0.1) is 11.3 Å². The first-order valence-electron chi connectivity index (χ1n) is 6.35. The van der Waals surface area contributed by atoms with E-state index in [1.54, 1.807) is 12.1 Å². The standard InChI is InChI=1S/C16H9BrF2N2O/c17-16-14(9-22)15(10-4-2-1-3-5-10)20-21(16)13-7-11(18)6-12(19)8-13/h1-9H. The van der Waals surface area contributed by atoms with Crippen molar-refractivity contribution in [2.45, 2.75) is 0 Å². The third-order valence-electron chi connectivity index (χ3n) is 3.12. The molecule has 22 heavy (non-hydrogen) atoms. The van der Waals surface area contributed by atoms with E-state index >= 15 is 0 Å². The predicted octanol–water partition coefficient (Wildman–Crippen LogP) is 4.39. The molecule has 3 rings (SSSR count). The smallest absolute Gasteiger partial charge is 0.155 e. The number of nitrogens with zero attached hydrogens (tertiary/aromatic N) is 2. The third kappa shape index (κ3) is 2.57. The van der Waals surface area contributed by atoms with Gasteiger partial charge in [0, 0.05) is 11.6 Å². The largest absolute Gasteiger partial charge is 0.298 e. The Labute approximate surface area is 133 Å². The number of hydrogen-bond acceptors (Lipinski definition) is 2. The van der Waals surface area contributed by atoms with Crippen LogP contribution in [0.15, 0.2) is 53.1 Å². The van der Waals surface area contributed by atoms with Gasteiger partial charge in [-0.2, -0.15) is 5.10 Å². The van der Waals surface area contributed by atoms with Crippen molar-refractivity contribution in [3.05, 3.63) is 70.3 Å². The maximum Gasteiger partial charge on any atom is 0.155 e. The van der Waals surface area contributed by atoms with E-state index < -0.39 is 11.6 Å². The zero-order valence-corrected chi connectivity index (χ0v) is 12.7. The predicted molar refractivity (Wildman–Crippen MR) is 82.0 cm³/mol. The van der Waals surface area contributed by atoms with Gasteiger partial charge in [0.15, 0.2) is 6.29 Å². The van der Waals surface area contributed by atoms with Gasteiger partial charge >= 0.3 is 0 Å². The summed E-state index contributed by atoms with van der Waals surface area (Å²) in [5, 5.41) is 4.31. The van der Waals surface area contributed by atoms with Crippen molar-refractivity contribution in [1.29, 1.82) is 0 Å². The average Bonchev–Trinajstić information content (AvgIpc) is 2.84. The van der Waals surface area contributed by atoms with Crippen molar-refractivity contribution in [3.63, 3.8) is 0 Å². The van der Waals surface area contributed by atoms with E-state index in [9.17, 15) is 13.6 Å². The molecule has 1 heterocycles. The molecule has 0 bridgehead atoms. The molecule has 110 valence electrons. The molecule has 3 aromatic rings. The Morgan fingerprint density at radius 2 is 1.68 bits per heavy atom. The van der Waals surface area contributed by atoms with Gasteiger partial charge in [0.1, 0.15) is 21.9 Å². The minimum atomic E-state index is -0.716. The number of benzene rings is 2. The Morgan fingerprint density at radius 1 is 1.05 bits per heavy atom. The maximum atomic E-state index is 13.4. The van der Waals surface area contributed by atoms with Gasteiger partial charge in [-0.15, -0.1) is 0 Å². The van der Waals surface area contributed by atoms with Crippen LogP contribution in [0.5, 0.6) is 0 Å². The molecule has 0 aliphatic rings. The Kier molecular flexibility index (Phi) is 3.85. The second-order valence-electron chi connectivity index (χ2n) is 4.58. The molecule has 3 nitrogen and oxygen atoms in total. The van der Waals surface area contributed by atoms with Crippen LogP contribution < -0.4 is 0 Å². The van der Waals surface area contributed by atoms with Crippen molar-refractivity contribution in [3.8, 4) is 16.9 Å². The van der Waals surface area contributed by atoms with Crippen LogP contribution in [0.4, 0.5) is 8.78 Å². The summed E-state index contributed by atoms with van der Waals surface area (Å²) < 4.78 is 28.4. The SMILES string of the molecule is O=Cc1c(-c2ccccc2)nn(-c2cc(F)cc(F)c2)c1Br. The third-order valence-corrected chi connectivity index (χ3v) is 3.88. The molecule has 6 heteroatoms. The van der Waals surface area contributed by atoms with Gasteiger partial charge in [0.2, 0.25) is 0 Å². The quantitative estimate of drug-likeness (QED) is 0.647. The molecule has 0 amide bonds. The molecule has 0 atom stereocenters. The van der Waals surface area contributed by atoms with E-state index in [0.29, 0.717) is 22.1 Å². The number of aldehydes is 1. The van der Waals surface area contributed by atoms with Gasteiger partial charge < -0.3 is 0 Å². The first-order valence-corrected chi connectivity index (χ1v) is 7.15. The number of hydrogen-bond donors (Lipinski definition) is 0. The summed E-state index contributed by atoms with van der Waals surface area (Å²) in [6.07, 6.45) is 0.658. The summed E-state index contributed by atoms with van der Waals surface area (Å²) in [6, 6.07) is 12.2. The monoisotopic (exact) mass is 362 g/mol. The zero-order chi connectivity index (χ0) is 15.7. The molecule has 2 aromatic carbocycles. The minimum Gasteiger partial charge on any atom is -0.298 e. The van der Waals surface area contributed by atoms with Crippen LogP contribution >= 0.6 is 15.9 Å². The highest BCUT2D eigenvalue weighted by atomic mass is 79.9. The number of aromatic nitrogens is 2. The van der Waals surface area contributed by atoms with Crippen molar-refractivity contribution in [2.24, 2.45) is 0 Å². The van der Waals surface area contributed by atoms with E-state index in [1.807, 2.05) is 18.2 Å². The normalized spacial score (nSPS) is 10.7. The molecule has 1 aromatic heterocycles. The average molecular weight is 363 g/mol. The Hall–Kier alpha value is -2.34. The van der Waals surface area contributed by atoms with Gasteiger partial charge in [-0.1, -0.05) is 30.3 Å². The molecule has 0 fully saturated rings. The van der Waals surface area contributed by atoms with Gasteiger partial charge in [-0.3, -0.25) is 4.79 Å². The van der Waals surface area contributed by atoms with Crippen LogP contribution in [0.2, 0.25) is 0 Å². The molecule has 0 saturated heterocycles. The summed E-state index contributed by atoms with van der Waals surface area (Å²) in [4.78, 5) is 11.4. The lowest BCUT2D eigenvalue weighted by molar-refractivity contribution is 0.112. The molecular weight excluding hydrogens is 354 g/mol. The number of rotatable bonds is 3. The molecule has 0 aliphatic carbocycles. The van der Waals surface area contributed by atoms with Gasteiger partial charge in [-0.25, -0.2) is 13.5 Å². The number of halogens is 3. The lowest BCUT2D eigenvalue weighted by Crippen LogP contribution is -1.99. The van der Waals surface area contributed by atoms with Crippen molar-refractivity contribution in [1.82, 2.24) is 9.78 Å². The van der Waals surface area contributed by atoms with Crippen LogP contribution in [0.1, 0.15) is 10.4 Å². The maximum absolute atomic E-state index is 13.4. The molecule has 0 radical (unpaired) electrons. The second-order valence-corrected chi connectivity index (χ2v) is 5.33. The minimum absolute atomic E-state index is 0.189. The van der Waals surface area contributed by atoms with Crippen LogP contribution in [0.3, 0.4) is 0 Å². The number of carbonyl (C=O) groups excluding carboxylic acids is 1. The topological polar surface area (TPSA) is 34.9 Å². The molecule has 0 unspecified atom stereocenters. The first kappa shape index (κ1) is 14.6. The van der Waals surface area contributed by atoms with Gasteiger partial charge in [-0.05, 0) is 28.1 Å². The van der Waals surface area contributed by atoms with Crippen molar-refractivity contribution < 1.29 is 13.6 Å². The lowest BCUT2D eigenvalue weighted by Gasteiger charge is -2.03. The summed E-state index contributed by atoms with van der Waals surface area (Å²) in [7, 11) is 0. The fourth-order valence-corrected chi connectivity index (χ4v) is 2.72. The Bertz CT molecular complexity index is 827. The van der Waals surface area contributed by atoms with Crippen LogP contribution in [0, 0.1) is 11.6 Å². The van der Waals surface area contributed by atoms with Crippen LogP contribution in [-0.4, -0.2) is 16.1 Å².